The summed E-state index contributed by atoms with van der Waals surface area (Å²) in [5.41, 5.74) is 0. The Labute approximate surface area is 104 Å². The maximum atomic E-state index is 12.1. The minimum atomic E-state index is 0.163. The van der Waals surface area contributed by atoms with E-state index < -0.39 is 0 Å². The standard InChI is InChI=1S/C13H25N3O/c1-10-7-14-8-12(10)13(17)15-11(2)9-16-5-3-4-6-16/h10-12,14H,3-9H2,1-2H3,(H,15,17). The number of hydrogen-bond donors (Lipinski definition) is 2. The molecule has 0 aromatic carbocycles. The highest BCUT2D eigenvalue weighted by Crippen LogP contribution is 2.16. The van der Waals surface area contributed by atoms with E-state index in [0.29, 0.717) is 5.92 Å². The van der Waals surface area contributed by atoms with Crippen LogP contribution in [0.3, 0.4) is 0 Å². The topological polar surface area (TPSA) is 44.4 Å². The highest BCUT2D eigenvalue weighted by atomic mass is 16.2. The van der Waals surface area contributed by atoms with Gasteiger partial charge in [-0.15, -0.1) is 0 Å². The molecule has 17 heavy (non-hydrogen) atoms. The lowest BCUT2D eigenvalue weighted by Gasteiger charge is -2.23. The van der Waals surface area contributed by atoms with Crippen LogP contribution in [0.4, 0.5) is 0 Å². The van der Waals surface area contributed by atoms with Gasteiger partial charge in [0, 0.05) is 19.1 Å². The van der Waals surface area contributed by atoms with Crippen LogP contribution in [0.25, 0.3) is 0 Å². The number of nitrogens with zero attached hydrogens (tertiary/aromatic N) is 1. The number of carbonyl (C=O) groups is 1. The number of carbonyl (C=O) groups excluding carboxylic acids is 1. The van der Waals surface area contributed by atoms with E-state index >= 15 is 0 Å². The van der Waals surface area contributed by atoms with Crippen molar-refractivity contribution in [3.8, 4) is 0 Å². The van der Waals surface area contributed by atoms with Crippen molar-refractivity contribution < 1.29 is 4.79 Å². The summed E-state index contributed by atoms with van der Waals surface area (Å²) in [6, 6.07) is 0.272. The first kappa shape index (κ1) is 12.8. The molecular weight excluding hydrogens is 214 g/mol. The lowest BCUT2D eigenvalue weighted by molar-refractivity contribution is -0.126. The predicted molar refractivity (Wildman–Crippen MR) is 68.8 cm³/mol. The van der Waals surface area contributed by atoms with Gasteiger partial charge in [-0.25, -0.2) is 0 Å². The molecule has 3 atom stereocenters. The molecule has 2 aliphatic rings. The molecule has 0 aliphatic carbocycles. The quantitative estimate of drug-likeness (QED) is 0.748. The predicted octanol–water partition coefficient (Wildman–Crippen LogP) is 0.442. The van der Waals surface area contributed by atoms with E-state index in [2.05, 4.69) is 29.4 Å². The molecule has 0 aromatic heterocycles. The zero-order chi connectivity index (χ0) is 12.3. The molecule has 0 radical (unpaired) electrons. The van der Waals surface area contributed by atoms with Crippen molar-refractivity contribution in [1.29, 1.82) is 0 Å². The van der Waals surface area contributed by atoms with Gasteiger partial charge in [0.1, 0.15) is 0 Å². The van der Waals surface area contributed by atoms with Crippen molar-refractivity contribution in [2.24, 2.45) is 11.8 Å². The van der Waals surface area contributed by atoms with Crippen molar-refractivity contribution in [2.45, 2.75) is 32.7 Å². The molecule has 4 heteroatoms. The van der Waals surface area contributed by atoms with Gasteiger partial charge in [0.05, 0.1) is 5.92 Å². The Kier molecular flexibility index (Phi) is 4.40. The minimum absolute atomic E-state index is 0.163. The molecule has 0 aromatic rings. The first-order chi connectivity index (χ1) is 8.16. The summed E-state index contributed by atoms with van der Waals surface area (Å²) >= 11 is 0. The zero-order valence-corrected chi connectivity index (χ0v) is 11.0. The molecule has 4 nitrogen and oxygen atoms in total. The van der Waals surface area contributed by atoms with E-state index in [4.69, 9.17) is 0 Å². The number of amides is 1. The van der Waals surface area contributed by atoms with E-state index in [0.717, 1.165) is 19.6 Å². The Morgan fingerprint density at radius 3 is 2.71 bits per heavy atom. The summed E-state index contributed by atoms with van der Waals surface area (Å²) in [6.07, 6.45) is 2.62. The second kappa shape index (κ2) is 5.83. The van der Waals surface area contributed by atoms with Gasteiger partial charge >= 0.3 is 0 Å². The first-order valence-electron chi connectivity index (χ1n) is 6.90. The third kappa shape index (κ3) is 3.42. The molecule has 2 heterocycles. The second-order valence-corrected chi connectivity index (χ2v) is 5.66. The van der Waals surface area contributed by atoms with Crippen LogP contribution in [0, 0.1) is 11.8 Å². The largest absolute Gasteiger partial charge is 0.352 e. The lowest BCUT2D eigenvalue weighted by Crippen LogP contribution is -2.44. The highest BCUT2D eigenvalue weighted by Gasteiger charge is 2.30. The SMILES string of the molecule is CC(CN1CCCC1)NC(=O)C1CNCC1C. The van der Waals surface area contributed by atoms with Crippen LogP contribution in [0.5, 0.6) is 0 Å². The third-order valence-electron chi connectivity index (χ3n) is 3.97. The molecule has 2 fully saturated rings. The van der Waals surface area contributed by atoms with E-state index in [1.807, 2.05) is 0 Å². The van der Waals surface area contributed by atoms with Crippen molar-refractivity contribution in [1.82, 2.24) is 15.5 Å². The number of likely N-dealkylation sites (tertiary alicyclic amines) is 1. The highest BCUT2D eigenvalue weighted by molar-refractivity contribution is 5.79. The third-order valence-corrected chi connectivity index (χ3v) is 3.97. The Morgan fingerprint density at radius 1 is 1.41 bits per heavy atom. The molecule has 2 aliphatic heterocycles. The van der Waals surface area contributed by atoms with Crippen LogP contribution >= 0.6 is 0 Å². The van der Waals surface area contributed by atoms with Gasteiger partial charge < -0.3 is 15.5 Å². The minimum Gasteiger partial charge on any atom is -0.352 e. The van der Waals surface area contributed by atoms with Crippen molar-refractivity contribution in [3.63, 3.8) is 0 Å². The van der Waals surface area contributed by atoms with Gasteiger partial charge in [-0.05, 0) is 45.3 Å². The second-order valence-electron chi connectivity index (χ2n) is 5.66. The number of rotatable bonds is 4. The lowest BCUT2D eigenvalue weighted by atomic mass is 9.97. The summed E-state index contributed by atoms with van der Waals surface area (Å²) in [4.78, 5) is 14.5. The van der Waals surface area contributed by atoms with Crippen molar-refractivity contribution in [2.75, 3.05) is 32.7 Å². The molecule has 0 spiro atoms. The number of nitrogens with one attached hydrogen (secondary N) is 2. The van der Waals surface area contributed by atoms with Crippen LogP contribution in [0.1, 0.15) is 26.7 Å². The Bertz CT molecular complexity index is 263. The molecule has 1 amide bonds. The van der Waals surface area contributed by atoms with Gasteiger partial charge in [-0.1, -0.05) is 6.92 Å². The van der Waals surface area contributed by atoms with E-state index in [1.165, 1.54) is 25.9 Å². The average molecular weight is 239 g/mol. The van der Waals surface area contributed by atoms with Crippen molar-refractivity contribution in [3.05, 3.63) is 0 Å². The van der Waals surface area contributed by atoms with Crippen LogP contribution in [-0.2, 0) is 4.79 Å². The van der Waals surface area contributed by atoms with Gasteiger partial charge in [-0.2, -0.15) is 0 Å². The van der Waals surface area contributed by atoms with E-state index in [-0.39, 0.29) is 17.9 Å². The van der Waals surface area contributed by atoms with Gasteiger partial charge in [0.25, 0.3) is 0 Å². The van der Waals surface area contributed by atoms with E-state index in [9.17, 15) is 4.79 Å². The Hall–Kier alpha value is -0.610. The van der Waals surface area contributed by atoms with Crippen LogP contribution in [0.2, 0.25) is 0 Å². The van der Waals surface area contributed by atoms with Gasteiger partial charge in [0.2, 0.25) is 5.91 Å². The normalized spacial score (nSPS) is 31.6. The Morgan fingerprint density at radius 2 is 2.12 bits per heavy atom. The average Bonchev–Trinajstić information content (AvgIpc) is 2.88. The summed E-state index contributed by atoms with van der Waals surface area (Å²) in [5.74, 6) is 0.860. The smallest absolute Gasteiger partial charge is 0.224 e. The van der Waals surface area contributed by atoms with Crippen LogP contribution in [-0.4, -0.2) is 49.6 Å². The molecule has 2 N–H and O–H groups in total. The summed E-state index contributed by atoms with van der Waals surface area (Å²) in [7, 11) is 0. The molecule has 98 valence electrons. The maximum absolute atomic E-state index is 12.1. The molecule has 2 rings (SSSR count). The monoisotopic (exact) mass is 239 g/mol. The fraction of sp³-hybridized carbons (Fsp3) is 0.923. The molecule has 0 saturated carbocycles. The number of hydrogen-bond acceptors (Lipinski definition) is 3. The molecule has 0 bridgehead atoms. The molecule has 3 unspecified atom stereocenters. The summed E-state index contributed by atoms with van der Waals surface area (Å²) < 4.78 is 0. The first-order valence-corrected chi connectivity index (χ1v) is 6.90. The Balaban J connectivity index is 1.73. The van der Waals surface area contributed by atoms with Crippen LogP contribution in [0.15, 0.2) is 0 Å². The molecular formula is C13H25N3O. The fourth-order valence-corrected chi connectivity index (χ4v) is 2.91. The summed E-state index contributed by atoms with van der Waals surface area (Å²) in [5, 5.41) is 6.44. The molecule has 2 saturated heterocycles. The van der Waals surface area contributed by atoms with Crippen LogP contribution < -0.4 is 10.6 Å². The maximum Gasteiger partial charge on any atom is 0.224 e. The summed E-state index contributed by atoms with van der Waals surface area (Å²) in [6.45, 7) is 9.46. The van der Waals surface area contributed by atoms with E-state index in [1.54, 1.807) is 0 Å². The van der Waals surface area contributed by atoms with Gasteiger partial charge in [0.15, 0.2) is 0 Å². The zero-order valence-electron chi connectivity index (χ0n) is 11.0. The van der Waals surface area contributed by atoms with Gasteiger partial charge in [-0.3, -0.25) is 4.79 Å². The fourth-order valence-electron chi connectivity index (χ4n) is 2.91. The van der Waals surface area contributed by atoms with Crippen molar-refractivity contribution >= 4 is 5.91 Å².